The van der Waals surface area contributed by atoms with E-state index in [9.17, 15) is 14.7 Å². The standard InChI is InChI=1S/C25H32N2O3S/c1-3-5-14-25(4-2,24(29)30)16-22(28)26-20-11-6-8-18(15-20)12-13-23-27-21(17-31-23)19-9-7-10-19/h6,8,11-13,15,17,19H,3-5,7,9-10,14,16H2,1-2H3,(H,26,28)(H,29,30)/b13-12+. The number of hydrogen-bond acceptors (Lipinski definition) is 4. The minimum absolute atomic E-state index is 0.0119. The first-order valence-corrected chi connectivity index (χ1v) is 12.1. The number of amides is 1. The molecule has 1 heterocycles. The molecular weight excluding hydrogens is 408 g/mol. The first-order chi connectivity index (χ1) is 15.0. The lowest BCUT2D eigenvalue weighted by Crippen LogP contribution is -2.35. The zero-order valence-corrected chi connectivity index (χ0v) is 19.2. The molecule has 1 saturated carbocycles. The van der Waals surface area contributed by atoms with Gasteiger partial charge in [-0.3, -0.25) is 9.59 Å². The van der Waals surface area contributed by atoms with Crippen LogP contribution in [0, 0.1) is 5.41 Å². The van der Waals surface area contributed by atoms with Gasteiger partial charge in [0, 0.05) is 23.4 Å². The fourth-order valence-electron chi connectivity index (χ4n) is 3.91. The van der Waals surface area contributed by atoms with Crippen LogP contribution in [0.2, 0.25) is 0 Å². The van der Waals surface area contributed by atoms with Crippen LogP contribution in [0.4, 0.5) is 5.69 Å². The number of carboxylic acids is 1. The van der Waals surface area contributed by atoms with Crippen LogP contribution in [-0.4, -0.2) is 22.0 Å². The van der Waals surface area contributed by atoms with Crippen LogP contribution in [0.15, 0.2) is 29.6 Å². The maximum absolute atomic E-state index is 12.6. The van der Waals surface area contributed by atoms with Gasteiger partial charge in [-0.25, -0.2) is 4.98 Å². The predicted octanol–water partition coefficient (Wildman–Crippen LogP) is 6.58. The summed E-state index contributed by atoms with van der Waals surface area (Å²) in [5, 5.41) is 15.8. The summed E-state index contributed by atoms with van der Waals surface area (Å²) in [7, 11) is 0. The van der Waals surface area contributed by atoms with Crippen LogP contribution in [0.5, 0.6) is 0 Å². The molecule has 0 aliphatic heterocycles. The van der Waals surface area contributed by atoms with Gasteiger partial charge in [0.15, 0.2) is 0 Å². The third-order valence-electron chi connectivity index (χ3n) is 6.29. The van der Waals surface area contributed by atoms with Gasteiger partial charge < -0.3 is 10.4 Å². The summed E-state index contributed by atoms with van der Waals surface area (Å²) >= 11 is 1.66. The number of carbonyl (C=O) groups excluding carboxylic acids is 1. The molecule has 1 aliphatic rings. The van der Waals surface area contributed by atoms with Gasteiger partial charge in [-0.1, -0.05) is 51.3 Å². The predicted molar refractivity (Wildman–Crippen MR) is 127 cm³/mol. The number of rotatable bonds is 11. The van der Waals surface area contributed by atoms with E-state index < -0.39 is 11.4 Å². The second kappa shape index (κ2) is 10.7. The van der Waals surface area contributed by atoms with Crippen molar-refractivity contribution in [1.29, 1.82) is 0 Å². The van der Waals surface area contributed by atoms with Gasteiger partial charge in [0.2, 0.25) is 5.91 Å². The molecule has 0 saturated heterocycles. The van der Waals surface area contributed by atoms with Crippen LogP contribution in [0.25, 0.3) is 12.2 Å². The molecule has 3 rings (SSSR count). The Balaban J connectivity index is 1.63. The molecule has 1 unspecified atom stereocenters. The lowest BCUT2D eigenvalue weighted by Gasteiger charge is -2.27. The average molecular weight is 441 g/mol. The number of thiazole rings is 1. The molecular formula is C25H32N2O3S. The minimum Gasteiger partial charge on any atom is -0.481 e. The number of nitrogens with zero attached hydrogens (tertiary/aromatic N) is 1. The van der Waals surface area contributed by atoms with Crippen molar-refractivity contribution in [3.8, 4) is 0 Å². The second-order valence-electron chi connectivity index (χ2n) is 8.46. The summed E-state index contributed by atoms with van der Waals surface area (Å²) < 4.78 is 0. The van der Waals surface area contributed by atoms with E-state index in [0.29, 0.717) is 24.4 Å². The maximum atomic E-state index is 12.6. The van der Waals surface area contributed by atoms with Gasteiger partial charge in [0.25, 0.3) is 0 Å². The van der Waals surface area contributed by atoms with Crippen LogP contribution in [-0.2, 0) is 9.59 Å². The Morgan fingerprint density at radius 2 is 2.10 bits per heavy atom. The number of aromatic nitrogens is 1. The number of carbonyl (C=O) groups is 2. The summed E-state index contributed by atoms with van der Waals surface area (Å²) in [5.41, 5.74) is 1.84. The summed E-state index contributed by atoms with van der Waals surface area (Å²) in [6.45, 7) is 3.87. The number of benzene rings is 1. The highest BCUT2D eigenvalue weighted by molar-refractivity contribution is 7.10. The van der Waals surface area contributed by atoms with E-state index in [4.69, 9.17) is 4.98 Å². The Morgan fingerprint density at radius 3 is 2.74 bits per heavy atom. The van der Waals surface area contributed by atoms with Crippen LogP contribution >= 0.6 is 11.3 Å². The van der Waals surface area contributed by atoms with Crippen molar-refractivity contribution in [3.63, 3.8) is 0 Å². The summed E-state index contributed by atoms with van der Waals surface area (Å²) in [6.07, 6.45) is 10.4. The lowest BCUT2D eigenvalue weighted by molar-refractivity contribution is -0.152. The van der Waals surface area contributed by atoms with E-state index in [2.05, 4.69) is 10.7 Å². The van der Waals surface area contributed by atoms with E-state index in [1.54, 1.807) is 11.3 Å². The molecule has 166 valence electrons. The Hall–Kier alpha value is -2.47. The Kier molecular flexibility index (Phi) is 8.02. The normalized spacial score (nSPS) is 16.1. The van der Waals surface area contributed by atoms with Crippen molar-refractivity contribution < 1.29 is 14.7 Å². The van der Waals surface area contributed by atoms with Gasteiger partial charge in [0.05, 0.1) is 11.1 Å². The molecule has 1 fully saturated rings. The number of carboxylic acid groups (broad SMARTS) is 1. The molecule has 2 N–H and O–H groups in total. The zero-order chi connectivity index (χ0) is 22.3. The van der Waals surface area contributed by atoms with Crippen LogP contribution in [0.3, 0.4) is 0 Å². The van der Waals surface area contributed by atoms with Gasteiger partial charge in [0.1, 0.15) is 5.01 Å². The minimum atomic E-state index is -0.999. The molecule has 31 heavy (non-hydrogen) atoms. The number of unbranched alkanes of at least 4 members (excludes halogenated alkanes) is 1. The molecule has 0 bridgehead atoms. The van der Waals surface area contributed by atoms with Crippen LogP contribution in [0.1, 0.15) is 87.4 Å². The quantitative estimate of drug-likeness (QED) is 0.413. The average Bonchev–Trinajstić information content (AvgIpc) is 3.16. The zero-order valence-electron chi connectivity index (χ0n) is 18.4. The van der Waals surface area contributed by atoms with E-state index >= 15 is 0 Å². The van der Waals surface area contributed by atoms with Gasteiger partial charge >= 0.3 is 5.97 Å². The highest BCUT2D eigenvalue weighted by Crippen LogP contribution is 2.37. The van der Waals surface area contributed by atoms with Crippen molar-refractivity contribution in [2.75, 3.05) is 5.32 Å². The van der Waals surface area contributed by atoms with E-state index in [0.717, 1.165) is 23.4 Å². The smallest absolute Gasteiger partial charge is 0.310 e. The van der Waals surface area contributed by atoms with Crippen molar-refractivity contribution in [2.45, 2.75) is 71.1 Å². The molecule has 1 aromatic heterocycles. The second-order valence-corrected chi connectivity index (χ2v) is 9.35. The highest BCUT2D eigenvalue weighted by atomic mass is 32.1. The summed E-state index contributed by atoms with van der Waals surface area (Å²) in [5.74, 6) is -0.512. The van der Waals surface area contributed by atoms with E-state index in [-0.39, 0.29) is 12.3 Å². The highest BCUT2D eigenvalue weighted by Gasteiger charge is 2.38. The first kappa shape index (κ1) is 23.2. The van der Waals surface area contributed by atoms with Gasteiger partial charge in [-0.15, -0.1) is 11.3 Å². The molecule has 1 atom stereocenters. The third kappa shape index (κ3) is 6.03. The Labute approximate surface area is 188 Å². The SMILES string of the molecule is CCCCC(CC)(CC(=O)Nc1cccc(/C=C/c2nc(C3CCC3)cs2)c1)C(=O)O. The molecule has 0 radical (unpaired) electrons. The van der Waals surface area contributed by atoms with E-state index in [1.165, 1.54) is 25.0 Å². The maximum Gasteiger partial charge on any atom is 0.310 e. The topological polar surface area (TPSA) is 79.3 Å². The fourth-order valence-corrected chi connectivity index (χ4v) is 4.70. The molecule has 1 aromatic carbocycles. The number of nitrogens with one attached hydrogen (secondary N) is 1. The first-order valence-electron chi connectivity index (χ1n) is 11.2. The van der Waals surface area contributed by atoms with Crippen molar-refractivity contribution in [1.82, 2.24) is 4.98 Å². The summed E-state index contributed by atoms with van der Waals surface area (Å²) in [6, 6.07) is 7.59. The van der Waals surface area contributed by atoms with Crippen molar-refractivity contribution in [2.24, 2.45) is 5.41 Å². The number of aliphatic carboxylic acids is 1. The molecule has 0 spiro atoms. The number of hydrogen-bond donors (Lipinski definition) is 2. The molecule has 1 aliphatic carbocycles. The van der Waals surface area contributed by atoms with Gasteiger partial charge in [-0.2, -0.15) is 0 Å². The fraction of sp³-hybridized carbons (Fsp3) is 0.480. The Bertz CT molecular complexity index is 932. The molecule has 5 nitrogen and oxygen atoms in total. The van der Waals surface area contributed by atoms with Gasteiger partial charge in [-0.05, 0) is 49.5 Å². The molecule has 2 aromatic rings. The summed E-state index contributed by atoms with van der Waals surface area (Å²) in [4.78, 5) is 29.3. The lowest BCUT2D eigenvalue weighted by atomic mass is 9.77. The van der Waals surface area contributed by atoms with Crippen molar-refractivity contribution in [3.05, 3.63) is 45.9 Å². The van der Waals surface area contributed by atoms with Crippen LogP contribution < -0.4 is 5.32 Å². The molecule has 6 heteroatoms. The number of anilines is 1. The third-order valence-corrected chi connectivity index (χ3v) is 7.12. The largest absolute Gasteiger partial charge is 0.481 e. The Morgan fingerprint density at radius 1 is 1.29 bits per heavy atom. The van der Waals surface area contributed by atoms with Crippen molar-refractivity contribution >= 4 is 41.1 Å². The monoisotopic (exact) mass is 440 g/mol. The van der Waals surface area contributed by atoms with E-state index in [1.807, 2.05) is 50.3 Å². The molecule has 1 amide bonds.